The Hall–Kier alpha value is -1.08. The predicted octanol–water partition coefficient (Wildman–Crippen LogP) is 1.34. The van der Waals surface area contributed by atoms with Gasteiger partial charge in [0.05, 0.1) is 19.0 Å². The predicted molar refractivity (Wildman–Crippen MR) is 64.8 cm³/mol. The minimum atomic E-state index is 0.0843. The second-order valence-corrected chi connectivity index (χ2v) is 4.43. The number of likely N-dealkylation sites (N-methyl/N-ethyl adjacent to an activating group) is 2. The van der Waals surface area contributed by atoms with Gasteiger partial charge in [0.2, 0.25) is 5.91 Å². The van der Waals surface area contributed by atoms with Crippen molar-refractivity contribution in [3.8, 4) is 6.07 Å². The minimum absolute atomic E-state index is 0.0843. The van der Waals surface area contributed by atoms with Crippen LogP contribution in [0.5, 0.6) is 0 Å². The minimum Gasteiger partial charge on any atom is -0.344 e. The van der Waals surface area contributed by atoms with E-state index >= 15 is 0 Å². The molecule has 1 atom stereocenters. The van der Waals surface area contributed by atoms with E-state index in [-0.39, 0.29) is 5.91 Å². The van der Waals surface area contributed by atoms with Crippen molar-refractivity contribution in [3.63, 3.8) is 0 Å². The summed E-state index contributed by atoms with van der Waals surface area (Å²) in [6.45, 7) is 6.23. The van der Waals surface area contributed by atoms with Gasteiger partial charge in [0.25, 0.3) is 0 Å². The van der Waals surface area contributed by atoms with Crippen LogP contribution in [0.3, 0.4) is 0 Å². The van der Waals surface area contributed by atoms with Crippen LogP contribution in [-0.4, -0.2) is 49.4 Å². The molecule has 0 aromatic heterocycles. The van der Waals surface area contributed by atoms with E-state index in [1.807, 2.05) is 18.0 Å². The van der Waals surface area contributed by atoms with Crippen LogP contribution >= 0.6 is 0 Å². The zero-order chi connectivity index (χ0) is 12.6. The molecule has 0 aliphatic carbocycles. The highest BCUT2D eigenvalue weighted by Gasteiger charge is 2.12. The summed E-state index contributed by atoms with van der Waals surface area (Å²) in [5, 5.41) is 8.43. The van der Waals surface area contributed by atoms with E-state index in [0.717, 1.165) is 13.0 Å². The molecule has 0 saturated carbocycles. The van der Waals surface area contributed by atoms with Crippen LogP contribution in [0.15, 0.2) is 0 Å². The maximum absolute atomic E-state index is 11.7. The quantitative estimate of drug-likeness (QED) is 0.657. The number of nitrogens with zero attached hydrogens (tertiary/aromatic N) is 3. The summed E-state index contributed by atoms with van der Waals surface area (Å²) in [5.41, 5.74) is 0. The van der Waals surface area contributed by atoms with Gasteiger partial charge < -0.3 is 4.90 Å². The SMILES string of the molecule is CCC(C)CN(C)CC(=O)N(C)CCC#N. The van der Waals surface area contributed by atoms with Crippen LogP contribution in [-0.2, 0) is 4.79 Å². The highest BCUT2D eigenvalue weighted by molar-refractivity contribution is 5.77. The lowest BCUT2D eigenvalue weighted by Crippen LogP contribution is -2.38. The maximum atomic E-state index is 11.7. The van der Waals surface area contributed by atoms with Crippen LogP contribution in [0.4, 0.5) is 0 Å². The Morgan fingerprint density at radius 2 is 2.06 bits per heavy atom. The van der Waals surface area contributed by atoms with Gasteiger partial charge in [-0.25, -0.2) is 0 Å². The van der Waals surface area contributed by atoms with Gasteiger partial charge >= 0.3 is 0 Å². The molecule has 0 heterocycles. The average molecular weight is 225 g/mol. The monoisotopic (exact) mass is 225 g/mol. The van der Waals surface area contributed by atoms with Gasteiger partial charge in [0.1, 0.15) is 0 Å². The van der Waals surface area contributed by atoms with Crippen molar-refractivity contribution in [2.75, 3.05) is 33.7 Å². The van der Waals surface area contributed by atoms with E-state index in [1.165, 1.54) is 0 Å². The number of rotatable bonds is 7. The molecule has 0 N–H and O–H groups in total. The van der Waals surface area contributed by atoms with Gasteiger partial charge in [-0.3, -0.25) is 9.69 Å². The molecule has 0 fully saturated rings. The normalized spacial score (nSPS) is 12.2. The van der Waals surface area contributed by atoms with Gasteiger partial charge in [-0.05, 0) is 13.0 Å². The van der Waals surface area contributed by atoms with E-state index in [1.54, 1.807) is 11.9 Å². The van der Waals surface area contributed by atoms with E-state index in [4.69, 9.17) is 5.26 Å². The van der Waals surface area contributed by atoms with E-state index in [0.29, 0.717) is 25.4 Å². The molecule has 0 bridgehead atoms. The molecule has 0 aromatic carbocycles. The Kier molecular flexibility index (Phi) is 7.57. The molecule has 16 heavy (non-hydrogen) atoms. The van der Waals surface area contributed by atoms with Crippen LogP contribution in [0.2, 0.25) is 0 Å². The fourth-order valence-corrected chi connectivity index (χ4v) is 1.42. The maximum Gasteiger partial charge on any atom is 0.236 e. The Morgan fingerprint density at radius 3 is 2.56 bits per heavy atom. The third kappa shape index (κ3) is 6.41. The molecule has 4 nitrogen and oxygen atoms in total. The summed E-state index contributed by atoms with van der Waals surface area (Å²) >= 11 is 0. The lowest BCUT2D eigenvalue weighted by Gasteiger charge is -2.23. The molecule has 0 saturated heterocycles. The van der Waals surface area contributed by atoms with Gasteiger partial charge in [-0.15, -0.1) is 0 Å². The third-order valence-corrected chi connectivity index (χ3v) is 2.71. The van der Waals surface area contributed by atoms with Gasteiger partial charge in [-0.1, -0.05) is 20.3 Å². The van der Waals surface area contributed by atoms with Crippen molar-refractivity contribution in [3.05, 3.63) is 0 Å². The summed E-state index contributed by atoms with van der Waals surface area (Å²) in [4.78, 5) is 15.4. The molecule has 1 amide bonds. The summed E-state index contributed by atoms with van der Waals surface area (Å²) in [6, 6.07) is 2.04. The van der Waals surface area contributed by atoms with Gasteiger partial charge in [0, 0.05) is 20.1 Å². The lowest BCUT2D eigenvalue weighted by atomic mass is 10.1. The van der Waals surface area contributed by atoms with Gasteiger partial charge in [0.15, 0.2) is 0 Å². The van der Waals surface area contributed by atoms with Crippen molar-refractivity contribution >= 4 is 5.91 Å². The number of hydrogen-bond donors (Lipinski definition) is 0. The van der Waals surface area contributed by atoms with E-state index in [2.05, 4.69) is 13.8 Å². The summed E-state index contributed by atoms with van der Waals surface area (Å²) in [5.74, 6) is 0.697. The van der Waals surface area contributed by atoms with Crippen molar-refractivity contribution in [1.29, 1.82) is 5.26 Å². The Bertz CT molecular complexity index is 247. The molecule has 0 aromatic rings. The standard InChI is InChI=1S/C12H23N3O/c1-5-11(2)9-14(3)10-12(16)15(4)8-6-7-13/h11H,5-6,8-10H2,1-4H3. The molecule has 0 aliphatic rings. The summed E-state index contributed by atoms with van der Waals surface area (Å²) in [7, 11) is 3.71. The number of amides is 1. The lowest BCUT2D eigenvalue weighted by molar-refractivity contribution is -0.130. The van der Waals surface area contributed by atoms with Crippen LogP contribution in [0.1, 0.15) is 26.7 Å². The zero-order valence-electron chi connectivity index (χ0n) is 10.9. The first-order chi connectivity index (χ1) is 7.51. The van der Waals surface area contributed by atoms with Crippen LogP contribution in [0, 0.1) is 17.2 Å². The molecular formula is C12H23N3O. The highest BCUT2D eigenvalue weighted by atomic mass is 16.2. The molecule has 92 valence electrons. The highest BCUT2D eigenvalue weighted by Crippen LogP contribution is 2.02. The van der Waals surface area contributed by atoms with Crippen molar-refractivity contribution in [2.45, 2.75) is 26.7 Å². The molecule has 4 heteroatoms. The second-order valence-electron chi connectivity index (χ2n) is 4.43. The van der Waals surface area contributed by atoms with Crippen molar-refractivity contribution in [2.24, 2.45) is 5.92 Å². The first-order valence-corrected chi connectivity index (χ1v) is 5.80. The third-order valence-electron chi connectivity index (χ3n) is 2.71. The molecule has 1 unspecified atom stereocenters. The first-order valence-electron chi connectivity index (χ1n) is 5.80. The fraction of sp³-hybridized carbons (Fsp3) is 0.833. The van der Waals surface area contributed by atoms with Crippen LogP contribution in [0.25, 0.3) is 0 Å². The molecule has 0 rings (SSSR count). The first kappa shape index (κ1) is 14.9. The number of carbonyl (C=O) groups excluding carboxylic acids is 1. The average Bonchev–Trinajstić information content (AvgIpc) is 2.25. The topological polar surface area (TPSA) is 47.3 Å². The number of hydrogen-bond acceptors (Lipinski definition) is 3. The Labute approximate surface area is 98.8 Å². The summed E-state index contributed by atoms with van der Waals surface area (Å²) in [6.07, 6.45) is 1.53. The van der Waals surface area contributed by atoms with Gasteiger partial charge in [-0.2, -0.15) is 5.26 Å². The second kappa shape index (κ2) is 8.12. The zero-order valence-corrected chi connectivity index (χ0v) is 10.9. The smallest absolute Gasteiger partial charge is 0.236 e. The summed E-state index contributed by atoms with van der Waals surface area (Å²) < 4.78 is 0. The number of carbonyl (C=O) groups is 1. The van der Waals surface area contributed by atoms with Crippen molar-refractivity contribution < 1.29 is 4.79 Å². The van der Waals surface area contributed by atoms with E-state index in [9.17, 15) is 4.79 Å². The molecular weight excluding hydrogens is 202 g/mol. The number of nitriles is 1. The Balaban J connectivity index is 3.90. The molecule has 0 spiro atoms. The largest absolute Gasteiger partial charge is 0.344 e. The van der Waals surface area contributed by atoms with Crippen LogP contribution < -0.4 is 0 Å². The molecule has 0 radical (unpaired) electrons. The fourth-order valence-electron chi connectivity index (χ4n) is 1.42. The van der Waals surface area contributed by atoms with E-state index < -0.39 is 0 Å². The van der Waals surface area contributed by atoms with Crippen molar-refractivity contribution in [1.82, 2.24) is 9.80 Å². The Morgan fingerprint density at radius 1 is 1.44 bits per heavy atom. The molecule has 0 aliphatic heterocycles.